The zero-order chi connectivity index (χ0) is 33.6. The van der Waals surface area contributed by atoms with E-state index in [2.05, 4.69) is 164 Å². The molecule has 2 nitrogen and oxygen atoms in total. The van der Waals surface area contributed by atoms with Gasteiger partial charge in [0.15, 0.2) is 0 Å². The Kier molecular flexibility index (Phi) is 9.74. The van der Waals surface area contributed by atoms with E-state index in [9.17, 15) is 0 Å². The van der Waals surface area contributed by atoms with E-state index in [1.807, 2.05) is 0 Å². The lowest BCUT2D eigenvalue weighted by molar-refractivity contribution is 0.00578. The molecule has 0 aromatic heterocycles. The molecular formula is C42H61BO2. The Hall–Kier alpha value is -2.36. The fourth-order valence-electron chi connectivity index (χ4n) is 7.82. The van der Waals surface area contributed by atoms with Crippen molar-refractivity contribution in [2.24, 2.45) is 10.8 Å². The highest BCUT2D eigenvalue weighted by Gasteiger charge is 2.51. The van der Waals surface area contributed by atoms with E-state index in [1.165, 1.54) is 46.2 Å². The first-order chi connectivity index (χ1) is 20.5. The maximum Gasteiger partial charge on any atom is 0.494 e. The van der Waals surface area contributed by atoms with E-state index < -0.39 is 18.3 Å². The first-order valence-corrected chi connectivity index (χ1v) is 17.3. The third-order valence-corrected chi connectivity index (χ3v) is 10.3. The van der Waals surface area contributed by atoms with Crippen molar-refractivity contribution in [3.8, 4) is 22.3 Å². The molecule has 1 aliphatic rings. The van der Waals surface area contributed by atoms with E-state index in [0.29, 0.717) is 5.41 Å². The summed E-state index contributed by atoms with van der Waals surface area (Å²) in [5, 5.41) is 0. The third-order valence-electron chi connectivity index (χ3n) is 10.3. The molecule has 0 bridgehead atoms. The van der Waals surface area contributed by atoms with Gasteiger partial charge in [-0.3, -0.25) is 0 Å². The van der Waals surface area contributed by atoms with Crippen molar-refractivity contribution in [1.29, 1.82) is 0 Å². The van der Waals surface area contributed by atoms with Crippen LogP contribution in [0.2, 0.25) is 0 Å². The van der Waals surface area contributed by atoms with Crippen molar-refractivity contribution in [3.05, 3.63) is 77.9 Å². The van der Waals surface area contributed by atoms with Gasteiger partial charge in [0.25, 0.3) is 0 Å². The molecule has 244 valence electrons. The highest BCUT2D eigenvalue weighted by atomic mass is 16.7. The van der Waals surface area contributed by atoms with Crippen LogP contribution in [0.4, 0.5) is 0 Å². The minimum atomic E-state index is -0.419. The molecule has 1 aliphatic heterocycles. The predicted molar refractivity (Wildman–Crippen MR) is 196 cm³/mol. The fourth-order valence-corrected chi connectivity index (χ4v) is 7.82. The molecule has 1 heterocycles. The Balaban J connectivity index is 1.73. The smallest absolute Gasteiger partial charge is 0.399 e. The van der Waals surface area contributed by atoms with E-state index in [1.54, 1.807) is 0 Å². The van der Waals surface area contributed by atoms with E-state index in [4.69, 9.17) is 9.31 Å². The zero-order valence-corrected chi connectivity index (χ0v) is 31.1. The van der Waals surface area contributed by atoms with Crippen LogP contribution in [-0.2, 0) is 20.1 Å². The second kappa shape index (κ2) is 12.3. The second-order valence-corrected chi connectivity index (χ2v) is 18.2. The summed E-state index contributed by atoms with van der Waals surface area (Å²) in [6.45, 7) is 32.1. The van der Waals surface area contributed by atoms with Crippen molar-refractivity contribution >= 4 is 12.6 Å². The van der Waals surface area contributed by atoms with Gasteiger partial charge in [-0.05, 0) is 114 Å². The Labute approximate surface area is 276 Å². The van der Waals surface area contributed by atoms with Crippen LogP contribution < -0.4 is 5.46 Å². The molecule has 4 rings (SSSR count). The summed E-state index contributed by atoms with van der Waals surface area (Å²) in [5.74, 6) is 0. The van der Waals surface area contributed by atoms with Crippen molar-refractivity contribution in [2.45, 2.75) is 145 Å². The molecule has 3 aromatic rings. The van der Waals surface area contributed by atoms with Crippen LogP contribution in [0.5, 0.6) is 0 Å². The summed E-state index contributed by atoms with van der Waals surface area (Å²) in [6, 6.07) is 25.3. The van der Waals surface area contributed by atoms with Gasteiger partial charge in [-0.1, -0.05) is 136 Å². The molecule has 45 heavy (non-hydrogen) atoms. The van der Waals surface area contributed by atoms with Gasteiger partial charge in [-0.15, -0.1) is 0 Å². The van der Waals surface area contributed by atoms with Crippen LogP contribution in [-0.4, -0.2) is 18.3 Å². The number of rotatable bonds is 10. The van der Waals surface area contributed by atoms with Gasteiger partial charge in [-0.2, -0.15) is 0 Å². The van der Waals surface area contributed by atoms with Crippen LogP contribution in [0.1, 0.15) is 134 Å². The standard InChI is InChI=1S/C42H61BO2/c1-15-24-38(5,6)29-40(9,10)35-22-18-31(19-23-35)33-25-32(26-36(27-33)43-44-41(11,12)42(13,14)45-43)30-16-20-34(21-17-30)39(7,8)28-37(2,3)4/h16-23,25-27H,15,24,28-29H2,1-14H3. The molecule has 0 N–H and O–H groups in total. The van der Waals surface area contributed by atoms with Crippen molar-refractivity contribution in [1.82, 2.24) is 0 Å². The van der Waals surface area contributed by atoms with Crippen LogP contribution in [0, 0.1) is 10.8 Å². The average Bonchev–Trinajstić information content (AvgIpc) is 3.13. The average molecular weight is 609 g/mol. The van der Waals surface area contributed by atoms with Crippen molar-refractivity contribution in [2.75, 3.05) is 0 Å². The van der Waals surface area contributed by atoms with Gasteiger partial charge in [-0.25, -0.2) is 0 Å². The highest BCUT2D eigenvalue weighted by Crippen LogP contribution is 2.41. The molecule has 0 atom stereocenters. The molecule has 0 saturated carbocycles. The number of hydrogen-bond donors (Lipinski definition) is 0. The Morgan fingerprint density at radius 1 is 0.556 bits per heavy atom. The fraction of sp³-hybridized carbons (Fsp3) is 0.571. The lowest BCUT2D eigenvalue weighted by Gasteiger charge is -2.35. The number of benzene rings is 3. The predicted octanol–water partition coefficient (Wildman–Crippen LogP) is 11.5. The van der Waals surface area contributed by atoms with E-state index in [0.717, 1.165) is 18.3 Å². The molecule has 0 amide bonds. The topological polar surface area (TPSA) is 18.5 Å². The zero-order valence-electron chi connectivity index (χ0n) is 31.1. The van der Waals surface area contributed by atoms with E-state index >= 15 is 0 Å². The summed E-state index contributed by atoms with van der Waals surface area (Å²) in [7, 11) is -0.419. The van der Waals surface area contributed by atoms with Gasteiger partial charge in [0.1, 0.15) is 0 Å². The molecule has 0 spiro atoms. The molecule has 1 fully saturated rings. The summed E-state index contributed by atoms with van der Waals surface area (Å²) < 4.78 is 13.1. The van der Waals surface area contributed by atoms with Crippen molar-refractivity contribution in [3.63, 3.8) is 0 Å². The molecule has 1 saturated heterocycles. The number of hydrogen-bond acceptors (Lipinski definition) is 2. The third kappa shape index (κ3) is 8.33. The molecule has 0 aliphatic carbocycles. The largest absolute Gasteiger partial charge is 0.494 e. The van der Waals surface area contributed by atoms with Crippen LogP contribution in [0.15, 0.2) is 66.7 Å². The summed E-state index contributed by atoms with van der Waals surface area (Å²) in [5.41, 5.74) is 8.63. The van der Waals surface area contributed by atoms with Gasteiger partial charge < -0.3 is 9.31 Å². The molecule has 3 heteroatoms. The monoisotopic (exact) mass is 608 g/mol. The van der Waals surface area contributed by atoms with Crippen LogP contribution >= 0.6 is 0 Å². The lowest BCUT2D eigenvalue weighted by atomic mass is 9.69. The van der Waals surface area contributed by atoms with Gasteiger partial charge in [0, 0.05) is 0 Å². The minimum Gasteiger partial charge on any atom is -0.399 e. The molecule has 0 radical (unpaired) electrons. The lowest BCUT2D eigenvalue weighted by Crippen LogP contribution is -2.41. The summed E-state index contributed by atoms with van der Waals surface area (Å²) >= 11 is 0. The minimum absolute atomic E-state index is 0.105. The second-order valence-electron chi connectivity index (χ2n) is 18.2. The highest BCUT2D eigenvalue weighted by molar-refractivity contribution is 6.62. The van der Waals surface area contributed by atoms with Gasteiger partial charge in [0.2, 0.25) is 0 Å². The normalized spacial score (nSPS) is 17.2. The molecule has 3 aromatic carbocycles. The first kappa shape index (κ1) is 35.5. The molecular weight excluding hydrogens is 547 g/mol. The summed E-state index contributed by atoms with van der Waals surface area (Å²) in [4.78, 5) is 0. The van der Waals surface area contributed by atoms with Crippen LogP contribution in [0.3, 0.4) is 0 Å². The first-order valence-electron chi connectivity index (χ1n) is 17.3. The maximum atomic E-state index is 6.55. The summed E-state index contributed by atoms with van der Waals surface area (Å²) in [6.07, 6.45) is 4.76. The Morgan fingerprint density at radius 3 is 1.33 bits per heavy atom. The van der Waals surface area contributed by atoms with Crippen molar-refractivity contribution < 1.29 is 9.31 Å². The van der Waals surface area contributed by atoms with Gasteiger partial charge >= 0.3 is 7.12 Å². The Bertz CT molecular complexity index is 1430. The van der Waals surface area contributed by atoms with E-state index in [-0.39, 0.29) is 16.2 Å². The quantitative estimate of drug-likeness (QED) is 0.213. The van der Waals surface area contributed by atoms with Gasteiger partial charge in [0.05, 0.1) is 11.2 Å². The van der Waals surface area contributed by atoms with Crippen LogP contribution in [0.25, 0.3) is 22.3 Å². The maximum absolute atomic E-state index is 6.55. The SMILES string of the molecule is CCCC(C)(C)CC(C)(C)c1ccc(-c2cc(B3OC(C)(C)C(C)(C)O3)cc(-c3ccc(C(C)(C)CC(C)(C)C)cc3)c2)cc1. The molecule has 0 unspecified atom stereocenters. The Morgan fingerprint density at radius 2 is 0.956 bits per heavy atom.